The van der Waals surface area contributed by atoms with Gasteiger partial charge in [-0.25, -0.2) is 0 Å². The molecular weight excluding hydrogens is 332 g/mol. The van der Waals surface area contributed by atoms with Gasteiger partial charge in [0.15, 0.2) is 11.0 Å². The molecule has 4 rings (SSSR count). The fourth-order valence-corrected chi connectivity index (χ4v) is 4.48. The van der Waals surface area contributed by atoms with Gasteiger partial charge >= 0.3 is 0 Å². The van der Waals surface area contributed by atoms with E-state index in [2.05, 4.69) is 51.3 Å². The molecule has 2 saturated heterocycles. The number of aryl methyl sites for hydroxylation is 1. The zero-order chi connectivity index (χ0) is 17.1. The van der Waals surface area contributed by atoms with Crippen molar-refractivity contribution in [1.29, 1.82) is 0 Å². The summed E-state index contributed by atoms with van der Waals surface area (Å²) in [6, 6.07) is 9.06. The largest absolute Gasteiger partial charge is 0.376 e. The molecule has 0 aliphatic carbocycles. The number of benzene rings is 1. The molecule has 2 aromatic rings. The minimum absolute atomic E-state index is 0.301. The van der Waals surface area contributed by atoms with Gasteiger partial charge in [0.1, 0.15) is 0 Å². The number of ether oxygens (including phenoxy) is 1. The first-order valence-electron chi connectivity index (χ1n) is 9.26. The van der Waals surface area contributed by atoms with E-state index >= 15 is 0 Å². The molecule has 1 aromatic heterocycles. The number of rotatable bonds is 6. The smallest absolute Gasteiger partial charge is 0.191 e. The Labute approximate surface area is 153 Å². The quantitative estimate of drug-likeness (QED) is 0.801. The number of hydrogen-bond acceptors (Lipinski definition) is 5. The van der Waals surface area contributed by atoms with Crippen molar-refractivity contribution < 1.29 is 4.74 Å². The van der Waals surface area contributed by atoms with Gasteiger partial charge in [-0.2, -0.15) is 0 Å². The Kier molecular flexibility index (Phi) is 5.39. The highest BCUT2D eigenvalue weighted by molar-refractivity contribution is 7.98. The molecule has 25 heavy (non-hydrogen) atoms. The van der Waals surface area contributed by atoms with Crippen LogP contribution in [0.2, 0.25) is 0 Å². The monoisotopic (exact) mass is 358 g/mol. The van der Waals surface area contributed by atoms with Crippen molar-refractivity contribution in [3.8, 4) is 0 Å². The van der Waals surface area contributed by atoms with Crippen molar-refractivity contribution in [1.82, 2.24) is 20.1 Å². The molecule has 5 nitrogen and oxygen atoms in total. The predicted octanol–water partition coefficient (Wildman–Crippen LogP) is 3.48. The highest BCUT2D eigenvalue weighted by Gasteiger charge is 2.27. The molecule has 0 saturated carbocycles. The van der Waals surface area contributed by atoms with Gasteiger partial charge in [-0.1, -0.05) is 41.6 Å². The molecule has 2 atom stereocenters. The summed E-state index contributed by atoms with van der Waals surface area (Å²) in [5.41, 5.74) is 2.62. The number of thioether (sulfide) groups is 1. The second-order valence-electron chi connectivity index (χ2n) is 7.01. The van der Waals surface area contributed by atoms with Crippen LogP contribution in [0.5, 0.6) is 0 Å². The van der Waals surface area contributed by atoms with E-state index in [1.54, 1.807) is 11.8 Å². The van der Waals surface area contributed by atoms with Crippen molar-refractivity contribution in [2.24, 2.45) is 0 Å². The Bertz CT molecular complexity index is 688. The standard InChI is InChI=1S/C19H26N4OS/c1-14-6-8-15(9-7-14)13-25-19-22-21-18(17-5-2-10-20-17)23(19)12-16-4-3-11-24-16/h6-9,16-17,20H,2-5,10-13H2,1H3. The maximum Gasteiger partial charge on any atom is 0.191 e. The zero-order valence-corrected chi connectivity index (χ0v) is 15.6. The number of aromatic nitrogens is 3. The second-order valence-corrected chi connectivity index (χ2v) is 7.95. The van der Waals surface area contributed by atoms with Crippen molar-refractivity contribution in [3.63, 3.8) is 0 Å². The van der Waals surface area contributed by atoms with Crippen molar-refractivity contribution in [2.45, 2.75) is 62.2 Å². The average Bonchev–Trinajstić information content (AvgIpc) is 3.37. The van der Waals surface area contributed by atoms with Gasteiger partial charge in [-0.05, 0) is 44.7 Å². The van der Waals surface area contributed by atoms with Crippen LogP contribution >= 0.6 is 11.8 Å². The topological polar surface area (TPSA) is 52.0 Å². The van der Waals surface area contributed by atoms with Crippen LogP contribution in [0.4, 0.5) is 0 Å². The van der Waals surface area contributed by atoms with Crippen LogP contribution in [0.15, 0.2) is 29.4 Å². The number of hydrogen-bond donors (Lipinski definition) is 1. The summed E-state index contributed by atoms with van der Waals surface area (Å²) < 4.78 is 8.17. The number of nitrogens with zero attached hydrogens (tertiary/aromatic N) is 3. The lowest BCUT2D eigenvalue weighted by atomic mass is 10.2. The molecule has 6 heteroatoms. The minimum atomic E-state index is 0.301. The van der Waals surface area contributed by atoms with Gasteiger partial charge in [0.05, 0.1) is 18.7 Å². The summed E-state index contributed by atoms with van der Waals surface area (Å²) in [5, 5.41) is 13.6. The summed E-state index contributed by atoms with van der Waals surface area (Å²) in [6.45, 7) is 4.95. The first kappa shape index (κ1) is 17.1. The van der Waals surface area contributed by atoms with E-state index < -0.39 is 0 Å². The second kappa shape index (κ2) is 7.89. The zero-order valence-electron chi connectivity index (χ0n) is 14.8. The minimum Gasteiger partial charge on any atom is -0.376 e. The lowest BCUT2D eigenvalue weighted by Gasteiger charge is -2.17. The molecular formula is C19H26N4OS. The highest BCUT2D eigenvalue weighted by Crippen LogP contribution is 2.29. The predicted molar refractivity (Wildman–Crippen MR) is 99.7 cm³/mol. The van der Waals surface area contributed by atoms with Crippen LogP contribution in [0, 0.1) is 6.92 Å². The molecule has 0 radical (unpaired) electrons. The maximum atomic E-state index is 5.87. The fraction of sp³-hybridized carbons (Fsp3) is 0.579. The lowest BCUT2D eigenvalue weighted by Crippen LogP contribution is -2.23. The van der Waals surface area contributed by atoms with E-state index in [9.17, 15) is 0 Å². The summed E-state index contributed by atoms with van der Waals surface area (Å²) in [5.74, 6) is 2.00. The van der Waals surface area contributed by atoms with Gasteiger partial charge in [0.25, 0.3) is 0 Å². The lowest BCUT2D eigenvalue weighted by molar-refractivity contribution is 0.0937. The van der Waals surface area contributed by atoms with Crippen molar-refractivity contribution >= 4 is 11.8 Å². The van der Waals surface area contributed by atoms with Crippen LogP contribution < -0.4 is 5.32 Å². The Balaban J connectivity index is 1.51. The molecule has 2 unspecified atom stereocenters. The van der Waals surface area contributed by atoms with Gasteiger partial charge in [-0.15, -0.1) is 10.2 Å². The van der Waals surface area contributed by atoms with Gasteiger partial charge in [0, 0.05) is 12.4 Å². The Morgan fingerprint density at radius 1 is 1.20 bits per heavy atom. The molecule has 0 bridgehead atoms. The molecule has 0 spiro atoms. The first-order chi connectivity index (χ1) is 12.3. The van der Waals surface area contributed by atoms with E-state index in [0.717, 1.165) is 55.7 Å². The van der Waals surface area contributed by atoms with Crippen LogP contribution in [0.3, 0.4) is 0 Å². The van der Waals surface area contributed by atoms with Gasteiger partial charge in [-0.3, -0.25) is 0 Å². The van der Waals surface area contributed by atoms with Crippen LogP contribution in [0.1, 0.15) is 48.7 Å². The number of nitrogens with one attached hydrogen (secondary N) is 1. The molecule has 1 N–H and O–H groups in total. The Morgan fingerprint density at radius 2 is 2.08 bits per heavy atom. The Hall–Kier alpha value is -1.37. The van der Waals surface area contributed by atoms with Crippen LogP contribution in [-0.2, 0) is 17.0 Å². The first-order valence-corrected chi connectivity index (χ1v) is 10.2. The van der Waals surface area contributed by atoms with Crippen molar-refractivity contribution in [2.75, 3.05) is 13.2 Å². The summed E-state index contributed by atoms with van der Waals surface area (Å²) in [6.07, 6.45) is 4.96. The van der Waals surface area contributed by atoms with Crippen LogP contribution in [0.25, 0.3) is 0 Å². The Morgan fingerprint density at radius 3 is 2.80 bits per heavy atom. The molecule has 1 aromatic carbocycles. The van der Waals surface area contributed by atoms with E-state index in [0.29, 0.717) is 12.1 Å². The third-order valence-electron chi connectivity index (χ3n) is 5.02. The van der Waals surface area contributed by atoms with E-state index in [4.69, 9.17) is 4.74 Å². The molecule has 3 heterocycles. The molecule has 2 aliphatic heterocycles. The molecule has 2 fully saturated rings. The summed E-state index contributed by atoms with van der Waals surface area (Å²) in [4.78, 5) is 0. The molecule has 0 amide bonds. The van der Waals surface area contributed by atoms with Crippen LogP contribution in [-0.4, -0.2) is 34.0 Å². The van der Waals surface area contributed by atoms with Gasteiger partial charge < -0.3 is 14.6 Å². The van der Waals surface area contributed by atoms with E-state index in [1.165, 1.54) is 17.5 Å². The van der Waals surface area contributed by atoms with Gasteiger partial charge in [0.2, 0.25) is 0 Å². The summed E-state index contributed by atoms with van der Waals surface area (Å²) >= 11 is 1.78. The van der Waals surface area contributed by atoms with Crippen molar-refractivity contribution in [3.05, 3.63) is 41.2 Å². The summed E-state index contributed by atoms with van der Waals surface area (Å²) in [7, 11) is 0. The third kappa shape index (κ3) is 4.07. The third-order valence-corrected chi connectivity index (χ3v) is 6.05. The van der Waals surface area contributed by atoms with E-state index in [-0.39, 0.29) is 0 Å². The molecule has 2 aliphatic rings. The fourth-order valence-electron chi connectivity index (χ4n) is 3.57. The maximum absolute atomic E-state index is 5.87. The highest BCUT2D eigenvalue weighted by atomic mass is 32.2. The average molecular weight is 359 g/mol. The normalized spacial score (nSPS) is 23.4. The molecule has 134 valence electrons. The van der Waals surface area contributed by atoms with E-state index in [1.807, 2.05) is 0 Å². The SMILES string of the molecule is Cc1ccc(CSc2nnc(C3CCCN3)n2CC2CCCO2)cc1.